The lowest BCUT2D eigenvalue weighted by Crippen LogP contribution is -2.30. The SMILES string of the molecule is OC(c1cncn1C1CC1)C1CCCN1. The van der Waals surface area contributed by atoms with Crippen molar-refractivity contribution >= 4 is 0 Å². The zero-order valence-corrected chi connectivity index (χ0v) is 8.76. The Balaban J connectivity index is 1.81. The van der Waals surface area contributed by atoms with E-state index in [1.165, 1.54) is 19.3 Å². The molecule has 2 N–H and O–H groups in total. The Morgan fingerprint density at radius 1 is 1.47 bits per heavy atom. The Labute approximate surface area is 89.3 Å². The molecule has 15 heavy (non-hydrogen) atoms. The van der Waals surface area contributed by atoms with Gasteiger partial charge in [0.15, 0.2) is 0 Å². The first-order valence-corrected chi connectivity index (χ1v) is 5.79. The van der Waals surface area contributed by atoms with Gasteiger partial charge in [-0.3, -0.25) is 0 Å². The number of imidazole rings is 1. The molecule has 4 nitrogen and oxygen atoms in total. The van der Waals surface area contributed by atoms with Gasteiger partial charge in [0.1, 0.15) is 6.10 Å². The summed E-state index contributed by atoms with van der Waals surface area (Å²) in [4.78, 5) is 4.15. The standard InChI is InChI=1S/C11H17N3O/c15-11(9-2-1-5-13-9)10-6-12-7-14(10)8-3-4-8/h6-9,11,13,15H,1-5H2. The van der Waals surface area contributed by atoms with E-state index in [1.54, 1.807) is 0 Å². The summed E-state index contributed by atoms with van der Waals surface area (Å²) >= 11 is 0. The van der Waals surface area contributed by atoms with Gasteiger partial charge in [-0.1, -0.05) is 0 Å². The molecule has 1 saturated carbocycles. The van der Waals surface area contributed by atoms with Gasteiger partial charge in [0.25, 0.3) is 0 Å². The Kier molecular flexibility index (Phi) is 2.25. The summed E-state index contributed by atoms with van der Waals surface area (Å²) in [5, 5.41) is 13.6. The maximum Gasteiger partial charge on any atom is 0.111 e. The van der Waals surface area contributed by atoms with Gasteiger partial charge in [-0.25, -0.2) is 4.98 Å². The number of hydrogen-bond donors (Lipinski definition) is 2. The van der Waals surface area contributed by atoms with Gasteiger partial charge in [-0.15, -0.1) is 0 Å². The van der Waals surface area contributed by atoms with Crippen LogP contribution in [0.1, 0.15) is 43.5 Å². The largest absolute Gasteiger partial charge is 0.385 e. The second kappa shape index (κ2) is 3.61. The molecule has 2 heterocycles. The average molecular weight is 207 g/mol. The van der Waals surface area contributed by atoms with Gasteiger partial charge in [0.05, 0.1) is 18.2 Å². The van der Waals surface area contributed by atoms with Crippen LogP contribution in [0.25, 0.3) is 0 Å². The highest BCUT2D eigenvalue weighted by Gasteiger charge is 2.31. The van der Waals surface area contributed by atoms with Crippen LogP contribution in [0.3, 0.4) is 0 Å². The van der Waals surface area contributed by atoms with Crippen molar-refractivity contribution in [3.05, 3.63) is 18.2 Å². The minimum Gasteiger partial charge on any atom is -0.385 e. The fourth-order valence-corrected chi connectivity index (χ4v) is 2.39. The third kappa shape index (κ3) is 1.68. The maximum absolute atomic E-state index is 10.2. The third-order valence-electron chi connectivity index (χ3n) is 3.42. The molecule has 2 aliphatic rings. The molecule has 1 saturated heterocycles. The first-order valence-electron chi connectivity index (χ1n) is 5.79. The number of rotatable bonds is 3. The topological polar surface area (TPSA) is 50.1 Å². The van der Waals surface area contributed by atoms with Gasteiger partial charge in [-0.2, -0.15) is 0 Å². The molecule has 0 spiro atoms. The number of aliphatic hydroxyl groups excluding tert-OH is 1. The minimum absolute atomic E-state index is 0.221. The highest BCUT2D eigenvalue weighted by atomic mass is 16.3. The van der Waals surface area contributed by atoms with Crippen LogP contribution in [0.5, 0.6) is 0 Å². The van der Waals surface area contributed by atoms with Crippen LogP contribution in [0.2, 0.25) is 0 Å². The fraction of sp³-hybridized carbons (Fsp3) is 0.727. The van der Waals surface area contributed by atoms with E-state index >= 15 is 0 Å². The smallest absolute Gasteiger partial charge is 0.111 e. The van der Waals surface area contributed by atoms with Gasteiger partial charge in [0.2, 0.25) is 0 Å². The molecule has 0 aromatic carbocycles. The van der Waals surface area contributed by atoms with Crippen LogP contribution < -0.4 is 5.32 Å². The Morgan fingerprint density at radius 3 is 3.00 bits per heavy atom. The molecule has 4 heteroatoms. The molecule has 3 rings (SSSR count). The number of aliphatic hydroxyl groups is 1. The molecule has 2 unspecified atom stereocenters. The Morgan fingerprint density at radius 2 is 2.33 bits per heavy atom. The van der Waals surface area contributed by atoms with Gasteiger partial charge in [0, 0.05) is 12.1 Å². The minimum atomic E-state index is -0.393. The first-order chi connectivity index (χ1) is 7.36. The number of nitrogens with zero attached hydrogens (tertiary/aromatic N) is 2. The molecular formula is C11H17N3O. The van der Waals surface area contributed by atoms with Crippen molar-refractivity contribution in [3.63, 3.8) is 0 Å². The molecule has 82 valence electrons. The predicted octanol–water partition coefficient (Wildman–Crippen LogP) is 1.00. The lowest BCUT2D eigenvalue weighted by Gasteiger charge is -2.19. The van der Waals surface area contributed by atoms with E-state index in [1.807, 2.05) is 12.5 Å². The lowest BCUT2D eigenvalue weighted by molar-refractivity contribution is 0.129. The first kappa shape index (κ1) is 9.36. The molecule has 0 amide bonds. The molecule has 1 aliphatic carbocycles. The summed E-state index contributed by atoms with van der Waals surface area (Å²) in [6.07, 6.45) is 7.96. The normalized spacial score (nSPS) is 28.2. The van der Waals surface area contributed by atoms with Crippen molar-refractivity contribution in [2.24, 2.45) is 0 Å². The summed E-state index contributed by atoms with van der Waals surface area (Å²) in [7, 11) is 0. The summed E-state index contributed by atoms with van der Waals surface area (Å²) in [5.74, 6) is 0. The second-order valence-electron chi connectivity index (χ2n) is 4.60. The highest BCUT2D eigenvalue weighted by molar-refractivity contribution is 5.10. The summed E-state index contributed by atoms with van der Waals surface area (Å²) in [5.41, 5.74) is 0.983. The maximum atomic E-state index is 10.2. The number of nitrogens with one attached hydrogen (secondary N) is 1. The predicted molar refractivity (Wildman–Crippen MR) is 56.5 cm³/mol. The third-order valence-corrected chi connectivity index (χ3v) is 3.42. The van der Waals surface area contributed by atoms with Crippen LogP contribution in [0, 0.1) is 0 Å². The van der Waals surface area contributed by atoms with Crippen LogP contribution in [-0.2, 0) is 0 Å². The van der Waals surface area contributed by atoms with Gasteiger partial charge < -0.3 is 15.0 Å². The van der Waals surface area contributed by atoms with Crippen LogP contribution >= 0.6 is 0 Å². The van der Waals surface area contributed by atoms with E-state index in [2.05, 4.69) is 14.9 Å². The number of aromatic nitrogens is 2. The molecule has 2 atom stereocenters. The second-order valence-corrected chi connectivity index (χ2v) is 4.60. The monoisotopic (exact) mass is 207 g/mol. The Bertz CT molecular complexity index is 339. The van der Waals surface area contributed by atoms with E-state index in [9.17, 15) is 5.11 Å². The van der Waals surface area contributed by atoms with Crippen LogP contribution in [0.4, 0.5) is 0 Å². The quantitative estimate of drug-likeness (QED) is 0.777. The van der Waals surface area contributed by atoms with Crippen molar-refractivity contribution in [1.82, 2.24) is 14.9 Å². The van der Waals surface area contributed by atoms with Crippen molar-refractivity contribution in [1.29, 1.82) is 0 Å². The summed E-state index contributed by atoms with van der Waals surface area (Å²) in [6, 6.07) is 0.817. The molecule has 2 fully saturated rings. The molecular weight excluding hydrogens is 190 g/mol. The summed E-state index contributed by atoms with van der Waals surface area (Å²) in [6.45, 7) is 1.03. The molecule has 1 aromatic heterocycles. The van der Waals surface area contributed by atoms with Crippen molar-refractivity contribution in [3.8, 4) is 0 Å². The molecule has 1 aliphatic heterocycles. The van der Waals surface area contributed by atoms with Crippen molar-refractivity contribution < 1.29 is 5.11 Å². The lowest BCUT2D eigenvalue weighted by atomic mass is 10.1. The molecule has 0 radical (unpaired) electrons. The van der Waals surface area contributed by atoms with E-state index in [0.717, 1.165) is 18.7 Å². The van der Waals surface area contributed by atoms with Crippen LogP contribution in [-0.4, -0.2) is 27.2 Å². The van der Waals surface area contributed by atoms with E-state index in [4.69, 9.17) is 0 Å². The zero-order chi connectivity index (χ0) is 10.3. The molecule has 1 aromatic rings. The fourth-order valence-electron chi connectivity index (χ4n) is 2.39. The van der Waals surface area contributed by atoms with E-state index in [-0.39, 0.29) is 6.04 Å². The number of hydrogen-bond acceptors (Lipinski definition) is 3. The Hall–Kier alpha value is -0.870. The zero-order valence-electron chi connectivity index (χ0n) is 8.76. The van der Waals surface area contributed by atoms with Gasteiger partial charge in [-0.05, 0) is 32.2 Å². The van der Waals surface area contributed by atoms with E-state index in [0.29, 0.717) is 6.04 Å². The van der Waals surface area contributed by atoms with Gasteiger partial charge >= 0.3 is 0 Å². The molecule has 0 bridgehead atoms. The van der Waals surface area contributed by atoms with Crippen LogP contribution in [0.15, 0.2) is 12.5 Å². The van der Waals surface area contributed by atoms with Crippen molar-refractivity contribution in [2.45, 2.75) is 43.9 Å². The van der Waals surface area contributed by atoms with E-state index < -0.39 is 6.10 Å². The summed E-state index contributed by atoms with van der Waals surface area (Å²) < 4.78 is 2.14. The van der Waals surface area contributed by atoms with Crippen molar-refractivity contribution in [2.75, 3.05) is 6.54 Å². The average Bonchev–Trinajstić information content (AvgIpc) is 2.82. The highest BCUT2D eigenvalue weighted by Crippen LogP contribution is 2.37.